The number of halogens is 2. The first kappa shape index (κ1) is 20.9. The van der Waals surface area contributed by atoms with Gasteiger partial charge in [-0.1, -0.05) is 12.1 Å². The summed E-state index contributed by atoms with van der Waals surface area (Å²) in [7, 11) is 1.75. The highest BCUT2D eigenvalue weighted by molar-refractivity contribution is 6.08. The first-order chi connectivity index (χ1) is 15.3. The van der Waals surface area contributed by atoms with Gasteiger partial charge in [0.2, 0.25) is 0 Å². The summed E-state index contributed by atoms with van der Waals surface area (Å²) in [6.45, 7) is 0. The van der Waals surface area contributed by atoms with Crippen molar-refractivity contribution in [2.75, 3.05) is 0 Å². The molecule has 0 saturated carbocycles. The normalized spacial score (nSPS) is 11.2. The molecule has 7 nitrogen and oxygen atoms in total. The van der Waals surface area contributed by atoms with Gasteiger partial charge in [-0.05, 0) is 47.0 Å². The van der Waals surface area contributed by atoms with E-state index in [0.717, 1.165) is 23.8 Å². The highest BCUT2D eigenvalue weighted by atomic mass is 19.1. The number of aromatic nitrogens is 4. The molecule has 2 heterocycles. The number of H-pyrrole nitrogens is 1. The molecule has 0 saturated heterocycles. The number of benzene rings is 2. The van der Waals surface area contributed by atoms with Crippen molar-refractivity contribution < 1.29 is 23.5 Å². The van der Waals surface area contributed by atoms with Gasteiger partial charge in [0.1, 0.15) is 11.6 Å². The molecule has 0 unspecified atom stereocenters. The number of carbonyl (C=O) groups is 2. The third-order valence-corrected chi connectivity index (χ3v) is 4.85. The number of carbonyl (C=O) groups excluding carboxylic acids is 1. The van der Waals surface area contributed by atoms with Crippen molar-refractivity contribution in [3.8, 4) is 22.3 Å². The monoisotopic (exact) mass is 434 g/mol. The molecule has 2 aromatic heterocycles. The SMILES string of the molecule is Cn1cc(-c2ccc(C(=O)O)c(/C=C/C(=O)c3c(F)cc(-c4cn[nH]c4)cc3F)c2)cn1. The van der Waals surface area contributed by atoms with Crippen molar-refractivity contribution in [1.29, 1.82) is 0 Å². The lowest BCUT2D eigenvalue weighted by atomic mass is 9.99. The third kappa shape index (κ3) is 4.08. The average Bonchev–Trinajstić information content (AvgIpc) is 3.43. The number of allylic oxidation sites excluding steroid dienone is 1. The molecule has 2 aromatic carbocycles. The Balaban J connectivity index is 1.68. The van der Waals surface area contributed by atoms with Crippen molar-refractivity contribution >= 4 is 17.8 Å². The van der Waals surface area contributed by atoms with Crippen molar-refractivity contribution in [2.24, 2.45) is 7.05 Å². The van der Waals surface area contributed by atoms with Crippen LogP contribution in [0.3, 0.4) is 0 Å². The fourth-order valence-corrected chi connectivity index (χ4v) is 3.28. The number of hydrogen-bond donors (Lipinski definition) is 2. The molecule has 4 rings (SSSR count). The molecule has 0 fully saturated rings. The standard InChI is InChI=1S/C23H16F2N4O3/c1-29-12-17(11-28-29)13-2-4-18(23(31)32)14(6-13)3-5-21(30)22-19(24)7-15(8-20(22)25)16-9-26-27-10-16/h2-12H,1H3,(H,26,27)(H,31,32)/b5-3+. The Morgan fingerprint density at radius 2 is 1.78 bits per heavy atom. The molecule has 0 aliphatic carbocycles. The first-order valence-electron chi connectivity index (χ1n) is 9.40. The number of carboxylic acid groups (broad SMARTS) is 1. The van der Waals surface area contributed by atoms with Crippen LogP contribution < -0.4 is 0 Å². The Bertz CT molecular complexity index is 1330. The number of aryl methyl sites for hydroxylation is 1. The van der Waals surface area contributed by atoms with Gasteiger partial charge >= 0.3 is 5.97 Å². The van der Waals surface area contributed by atoms with E-state index in [4.69, 9.17) is 0 Å². The minimum Gasteiger partial charge on any atom is -0.478 e. The molecule has 2 N–H and O–H groups in total. The van der Waals surface area contributed by atoms with Crippen LogP contribution in [-0.2, 0) is 7.05 Å². The summed E-state index contributed by atoms with van der Waals surface area (Å²) in [5.41, 5.74) is 1.55. The van der Waals surface area contributed by atoms with E-state index in [-0.39, 0.29) is 16.7 Å². The summed E-state index contributed by atoms with van der Waals surface area (Å²) in [5.74, 6) is -4.18. The topological polar surface area (TPSA) is 101 Å². The van der Waals surface area contributed by atoms with Crippen LogP contribution in [0.5, 0.6) is 0 Å². The van der Waals surface area contributed by atoms with Crippen LogP contribution in [0.4, 0.5) is 8.78 Å². The number of carboxylic acids is 1. The third-order valence-electron chi connectivity index (χ3n) is 4.85. The number of aromatic carboxylic acids is 1. The van der Waals surface area contributed by atoms with E-state index in [0.29, 0.717) is 11.1 Å². The van der Waals surface area contributed by atoms with E-state index in [1.54, 1.807) is 36.3 Å². The first-order valence-corrected chi connectivity index (χ1v) is 9.40. The van der Waals surface area contributed by atoms with Crippen LogP contribution >= 0.6 is 0 Å². The summed E-state index contributed by atoms with van der Waals surface area (Å²) in [5, 5.41) is 19.8. The molecule has 0 radical (unpaired) electrons. The van der Waals surface area contributed by atoms with E-state index in [9.17, 15) is 23.5 Å². The second-order valence-corrected chi connectivity index (χ2v) is 7.01. The zero-order valence-corrected chi connectivity index (χ0v) is 16.7. The van der Waals surface area contributed by atoms with E-state index in [2.05, 4.69) is 15.3 Å². The lowest BCUT2D eigenvalue weighted by Gasteiger charge is -2.06. The van der Waals surface area contributed by atoms with Gasteiger partial charge in [0.25, 0.3) is 0 Å². The van der Waals surface area contributed by atoms with Crippen LogP contribution in [0.25, 0.3) is 28.3 Å². The van der Waals surface area contributed by atoms with Crippen molar-refractivity contribution in [3.63, 3.8) is 0 Å². The van der Waals surface area contributed by atoms with Crippen LogP contribution in [0.2, 0.25) is 0 Å². The van der Waals surface area contributed by atoms with Gasteiger partial charge in [-0.15, -0.1) is 0 Å². The Morgan fingerprint density at radius 3 is 2.38 bits per heavy atom. The molecule has 0 spiro atoms. The van der Waals surface area contributed by atoms with Gasteiger partial charge in [-0.3, -0.25) is 14.6 Å². The largest absolute Gasteiger partial charge is 0.478 e. The molecule has 0 amide bonds. The average molecular weight is 434 g/mol. The summed E-state index contributed by atoms with van der Waals surface area (Å²) in [6.07, 6.45) is 8.42. The lowest BCUT2D eigenvalue weighted by Crippen LogP contribution is -2.04. The predicted octanol–water partition coefficient (Wildman–Crippen LogP) is 4.35. The van der Waals surface area contributed by atoms with Crippen LogP contribution in [0.15, 0.2) is 61.2 Å². The maximum absolute atomic E-state index is 14.5. The maximum Gasteiger partial charge on any atom is 0.336 e. The molecule has 0 aliphatic heterocycles. The highest BCUT2D eigenvalue weighted by Gasteiger charge is 2.18. The van der Waals surface area contributed by atoms with Gasteiger partial charge in [0.15, 0.2) is 5.78 Å². The van der Waals surface area contributed by atoms with Crippen LogP contribution in [-0.4, -0.2) is 36.8 Å². The van der Waals surface area contributed by atoms with Crippen molar-refractivity contribution in [2.45, 2.75) is 0 Å². The number of aromatic amines is 1. The minimum atomic E-state index is -1.20. The molecule has 9 heteroatoms. The predicted molar refractivity (Wildman–Crippen MR) is 113 cm³/mol. The Morgan fingerprint density at radius 1 is 1.03 bits per heavy atom. The summed E-state index contributed by atoms with van der Waals surface area (Å²) < 4.78 is 30.7. The molecule has 160 valence electrons. The van der Waals surface area contributed by atoms with Crippen molar-refractivity contribution in [1.82, 2.24) is 20.0 Å². The fourth-order valence-electron chi connectivity index (χ4n) is 3.28. The van der Waals surface area contributed by atoms with Gasteiger partial charge < -0.3 is 5.11 Å². The van der Waals surface area contributed by atoms with E-state index in [1.807, 2.05) is 0 Å². The highest BCUT2D eigenvalue weighted by Crippen LogP contribution is 2.26. The molecule has 4 aromatic rings. The number of nitrogens with zero attached hydrogens (tertiary/aromatic N) is 3. The maximum atomic E-state index is 14.5. The molecule has 0 atom stereocenters. The Kier molecular flexibility index (Phi) is 5.46. The quantitative estimate of drug-likeness (QED) is 0.347. The van der Waals surface area contributed by atoms with Gasteiger partial charge in [-0.2, -0.15) is 10.2 Å². The van der Waals surface area contributed by atoms with E-state index >= 15 is 0 Å². The zero-order chi connectivity index (χ0) is 22.8. The zero-order valence-electron chi connectivity index (χ0n) is 16.7. The van der Waals surface area contributed by atoms with E-state index in [1.165, 1.54) is 24.5 Å². The fraction of sp³-hybridized carbons (Fsp3) is 0.0435. The Hall–Kier alpha value is -4.40. The van der Waals surface area contributed by atoms with Gasteiger partial charge in [0.05, 0.1) is 23.5 Å². The molecule has 32 heavy (non-hydrogen) atoms. The molecular formula is C23H16F2N4O3. The number of rotatable bonds is 6. The molecule has 0 aliphatic rings. The summed E-state index contributed by atoms with van der Waals surface area (Å²) in [4.78, 5) is 24.1. The number of ketones is 1. The van der Waals surface area contributed by atoms with Gasteiger partial charge in [-0.25, -0.2) is 13.6 Å². The van der Waals surface area contributed by atoms with Crippen LogP contribution in [0, 0.1) is 11.6 Å². The molecular weight excluding hydrogens is 418 g/mol. The number of hydrogen-bond acceptors (Lipinski definition) is 4. The second-order valence-electron chi connectivity index (χ2n) is 7.01. The Labute approximate surface area is 180 Å². The minimum absolute atomic E-state index is 0.0575. The smallest absolute Gasteiger partial charge is 0.336 e. The summed E-state index contributed by atoms with van der Waals surface area (Å²) >= 11 is 0. The van der Waals surface area contributed by atoms with E-state index < -0.39 is 29.0 Å². The van der Waals surface area contributed by atoms with Gasteiger partial charge in [0, 0.05) is 30.6 Å². The lowest BCUT2D eigenvalue weighted by molar-refractivity contribution is 0.0696. The van der Waals surface area contributed by atoms with Crippen molar-refractivity contribution in [3.05, 3.63) is 89.5 Å². The number of nitrogens with one attached hydrogen (secondary N) is 1. The second kappa shape index (κ2) is 8.38. The van der Waals surface area contributed by atoms with Crippen LogP contribution in [0.1, 0.15) is 26.3 Å². The molecule has 0 bridgehead atoms. The summed E-state index contributed by atoms with van der Waals surface area (Å²) in [6, 6.07) is 6.67.